The highest BCUT2D eigenvalue weighted by molar-refractivity contribution is 5.92. The third kappa shape index (κ3) is 1.13. The topological polar surface area (TPSA) is 70.1 Å². The van der Waals surface area contributed by atoms with Gasteiger partial charge in [0.05, 0.1) is 7.11 Å². The molecule has 5 heteroatoms. The molecule has 0 aliphatic carbocycles. The summed E-state index contributed by atoms with van der Waals surface area (Å²) in [6.45, 7) is 1.77. The normalized spacial score (nSPS) is 9.92. The van der Waals surface area contributed by atoms with Gasteiger partial charge in [0.2, 0.25) is 0 Å². The lowest BCUT2D eigenvalue weighted by Crippen LogP contribution is -2.06. The fourth-order valence-electron chi connectivity index (χ4n) is 0.874. The van der Waals surface area contributed by atoms with Crippen LogP contribution >= 0.6 is 0 Å². The highest BCUT2D eigenvalue weighted by atomic mass is 16.5. The smallest absolute Gasteiger partial charge is 0.360 e. The number of carbonyl (C=O) groups excluding carboxylic acids is 1. The zero-order chi connectivity index (χ0) is 9.30. The van der Waals surface area contributed by atoms with E-state index < -0.39 is 5.97 Å². The molecule has 0 amide bonds. The van der Waals surface area contributed by atoms with Gasteiger partial charge in [-0.25, -0.2) is 9.78 Å². The molecule has 1 aromatic rings. The highest BCUT2D eigenvalue weighted by Crippen LogP contribution is 2.12. The fraction of sp³-hybridized carbons (Fsp3) is 0.429. The van der Waals surface area contributed by atoms with E-state index >= 15 is 0 Å². The summed E-state index contributed by atoms with van der Waals surface area (Å²) < 4.78 is 6.12. The van der Waals surface area contributed by atoms with Crippen LogP contribution in [-0.4, -0.2) is 22.6 Å². The molecule has 0 radical (unpaired) electrons. The molecule has 12 heavy (non-hydrogen) atoms. The summed E-state index contributed by atoms with van der Waals surface area (Å²) in [7, 11) is 3.04. The summed E-state index contributed by atoms with van der Waals surface area (Å²) in [5, 5.41) is 0. The lowest BCUT2D eigenvalue weighted by Gasteiger charge is -1.97. The number of carbonyl (C=O) groups is 1. The zero-order valence-corrected chi connectivity index (χ0v) is 7.29. The largest absolute Gasteiger partial charge is 0.464 e. The summed E-state index contributed by atoms with van der Waals surface area (Å²) in [5.41, 5.74) is 5.76. The van der Waals surface area contributed by atoms with E-state index in [2.05, 4.69) is 9.72 Å². The summed E-state index contributed by atoms with van der Waals surface area (Å²) in [6, 6.07) is 0. The number of nitrogens with two attached hydrogens (primary N) is 1. The van der Waals surface area contributed by atoms with E-state index in [1.54, 1.807) is 18.5 Å². The molecule has 0 saturated carbocycles. The molecule has 0 aliphatic rings. The lowest BCUT2D eigenvalue weighted by atomic mass is 10.4. The Kier molecular flexibility index (Phi) is 2.03. The number of anilines is 1. The van der Waals surface area contributed by atoms with E-state index in [1.807, 2.05) is 0 Å². The highest BCUT2D eigenvalue weighted by Gasteiger charge is 2.16. The van der Waals surface area contributed by atoms with E-state index in [9.17, 15) is 4.79 Å². The molecule has 1 rings (SSSR count). The molecular weight excluding hydrogens is 158 g/mol. The summed E-state index contributed by atoms with van der Waals surface area (Å²) in [6.07, 6.45) is 0. The molecule has 0 fully saturated rings. The van der Waals surface area contributed by atoms with Crippen LogP contribution < -0.4 is 5.73 Å². The van der Waals surface area contributed by atoms with Crippen molar-refractivity contribution in [3.63, 3.8) is 0 Å². The van der Waals surface area contributed by atoms with Crippen molar-refractivity contribution in [2.75, 3.05) is 12.8 Å². The molecule has 1 heterocycles. The standard InChI is InChI=1S/C7H11N3O2/c1-4-9-5(7(11)12-3)6(8)10(4)2/h8H2,1-3H3. The lowest BCUT2D eigenvalue weighted by molar-refractivity contribution is 0.0595. The number of nitrogen functional groups attached to an aromatic ring is 1. The van der Waals surface area contributed by atoms with Crippen LogP contribution in [0.2, 0.25) is 0 Å². The first-order chi connectivity index (χ1) is 5.57. The minimum atomic E-state index is -0.504. The molecule has 2 N–H and O–H groups in total. The van der Waals surface area contributed by atoms with Gasteiger partial charge in [0.1, 0.15) is 11.6 Å². The first-order valence-electron chi connectivity index (χ1n) is 3.45. The van der Waals surface area contributed by atoms with Gasteiger partial charge < -0.3 is 15.0 Å². The van der Waals surface area contributed by atoms with Crippen LogP contribution in [0.5, 0.6) is 0 Å². The number of rotatable bonds is 1. The van der Waals surface area contributed by atoms with Crippen LogP contribution in [0.3, 0.4) is 0 Å². The number of methoxy groups -OCH3 is 1. The van der Waals surface area contributed by atoms with Crippen LogP contribution in [-0.2, 0) is 11.8 Å². The van der Waals surface area contributed by atoms with Crippen LogP contribution in [0.1, 0.15) is 16.3 Å². The Labute approximate surface area is 70.1 Å². The predicted octanol–water partition coefficient (Wildman–Crippen LogP) is 0.0973. The second-order valence-electron chi connectivity index (χ2n) is 2.44. The molecule has 0 aromatic carbocycles. The number of nitrogens with zero attached hydrogens (tertiary/aromatic N) is 2. The van der Waals surface area contributed by atoms with Crippen molar-refractivity contribution in [1.29, 1.82) is 0 Å². The van der Waals surface area contributed by atoms with Crippen molar-refractivity contribution >= 4 is 11.8 Å². The molecule has 5 nitrogen and oxygen atoms in total. The Morgan fingerprint density at radius 1 is 1.67 bits per heavy atom. The van der Waals surface area contributed by atoms with Gasteiger partial charge in [-0.15, -0.1) is 0 Å². The van der Waals surface area contributed by atoms with Crippen LogP contribution in [0, 0.1) is 6.92 Å². The molecule has 1 aromatic heterocycles. The van der Waals surface area contributed by atoms with Gasteiger partial charge in [0.15, 0.2) is 5.69 Å². The second-order valence-corrected chi connectivity index (χ2v) is 2.44. The van der Waals surface area contributed by atoms with Gasteiger partial charge in [0, 0.05) is 7.05 Å². The average Bonchev–Trinajstić information content (AvgIpc) is 2.32. The van der Waals surface area contributed by atoms with Crippen LogP contribution in [0.25, 0.3) is 0 Å². The first kappa shape index (κ1) is 8.58. The second kappa shape index (κ2) is 2.84. The Hall–Kier alpha value is -1.52. The van der Waals surface area contributed by atoms with Gasteiger partial charge >= 0.3 is 5.97 Å². The van der Waals surface area contributed by atoms with Crippen LogP contribution in [0.4, 0.5) is 5.82 Å². The predicted molar refractivity (Wildman–Crippen MR) is 43.7 cm³/mol. The van der Waals surface area contributed by atoms with E-state index in [0.29, 0.717) is 11.6 Å². The van der Waals surface area contributed by atoms with Gasteiger partial charge in [0.25, 0.3) is 0 Å². The van der Waals surface area contributed by atoms with Gasteiger partial charge in [-0.2, -0.15) is 0 Å². The number of hydrogen-bond acceptors (Lipinski definition) is 4. The van der Waals surface area contributed by atoms with E-state index in [-0.39, 0.29) is 5.69 Å². The zero-order valence-electron chi connectivity index (χ0n) is 7.29. The maximum Gasteiger partial charge on any atom is 0.360 e. The Bertz CT molecular complexity index is 317. The van der Waals surface area contributed by atoms with Crippen molar-refractivity contribution in [2.45, 2.75) is 6.92 Å². The maximum absolute atomic E-state index is 11.0. The van der Waals surface area contributed by atoms with Gasteiger partial charge in [-0.3, -0.25) is 0 Å². The maximum atomic E-state index is 11.0. The number of hydrogen-bond donors (Lipinski definition) is 1. The number of aryl methyl sites for hydroxylation is 1. The van der Waals surface area contributed by atoms with Crippen molar-refractivity contribution < 1.29 is 9.53 Å². The Balaban J connectivity index is 3.17. The first-order valence-corrected chi connectivity index (χ1v) is 3.45. The number of ether oxygens (including phenoxy) is 1. The van der Waals surface area contributed by atoms with Crippen molar-refractivity contribution in [3.05, 3.63) is 11.5 Å². The van der Waals surface area contributed by atoms with Gasteiger partial charge in [-0.1, -0.05) is 0 Å². The SMILES string of the molecule is COC(=O)c1nc(C)n(C)c1N. The Morgan fingerprint density at radius 2 is 2.25 bits per heavy atom. The fourth-order valence-corrected chi connectivity index (χ4v) is 0.874. The molecule has 0 aliphatic heterocycles. The summed E-state index contributed by atoms with van der Waals surface area (Å²) >= 11 is 0. The number of aromatic nitrogens is 2. The monoisotopic (exact) mass is 169 g/mol. The summed E-state index contributed by atoms with van der Waals surface area (Å²) in [4.78, 5) is 15.0. The molecule has 0 saturated heterocycles. The van der Waals surface area contributed by atoms with Gasteiger partial charge in [-0.05, 0) is 6.92 Å². The van der Waals surface area contributed by atoms with Crippen molar-refractivity contribution in [3.8, 4) is 0 Å². The average molecular weight is 169 g/mol. The molecule has 0 spiro atoms. The summed E-state index contributed by atoms with van der Waals surface area (Å²) in [5.74, 6) is 0.517. The van der Waals surface area contributed by atoms with Crippen molar-refractivity contribution in [1.82, 2.24) is 9.55 Å². The Morgan fingerprint density at radius 3 is 2.58 bits per heavy atom. The minimum Gasteiger partial charge on any atom is -0.464 e. The number of esters is 1. The van der Waals surface area contributed by atoms with Crippen molar-refractivity contribution in [2.24, 2.45) is 7.05 Å². The molecular formula is C7H11N3O2. The van der Waals surface area contributed by atoms with E-state index in [0.717, 1.165) is 0 Å². The molecule has 0 bridgehead atoms. The third-order valence-corrected chi connectivity index (χ3v) is 1.74. The van der Waals surface area contributed by atoms with Crippen LogP contribution in [0.15, 0.2) is 0 Å². The van der Waals surface area contributed by atoms with E-state index in [4.69, 9.17) is 5.73 Å². The molecule has 0 unspecified atom stereocenters. The van der Waals surface area contributed by atoms with E-state index in [1.165, 1.54) is 7.11 Å². The number of imidazole rings is 1. The minimum absolute atomic E-state index is 0.178. The quantitative estimate of drug-likeness (QED) is 0.605. The molecule has 66 valence electrons. The molecule has 0 atom stereocenters. The third-order valence-electron chi connectivity index (χ3n) is 1.74.